The number of hydrogen-bond acceptors (Lipinski definition) is 6. The summed E-state index contributed by atoms with van der Waals surface area (Å²) >= 11 is 13.1. The second kappa shape index (κ2) is 8.31. The molecule has 0 amide bonds. The first kappa shape index (κ1) is 21.9. The molecule has 0 atom stereocenters. The van der Waals surface area contributed by atoms with Gasteiger partial charge in [0.05, 0.1) is 15.0 Å². The van der Waals surface area contributed by atoms with Crippen LogP contribution in [0.3, 0.4) is 0 Å². The Morgan fingerprint density at radius 1 is 1.03 bits per heavy atom. The second-order valence-corrected chi connectivity index (χ2v) is 11.5. The molecule has 1 aliphatic rings. The maximum absolute atomic E-state index is 12.7. The van der Waals surface area contributed by atoms with E-state index >= 15 is 0 Å². The van der Waals surface area contributed by atoms with Crippen molar-refractivity contribution in [2.24, 2.45) is 4.99 Å². The minimum Gasteiger partial charge on any atom is -0.298 e. The number of halogens is 2. The maximum Gasteiger partial charge on any atom is 0.214 e. The van der Waals surface area contributed by atoms with Gasteiger partial charge in [-0.3, -0.25) is 9.59 Å². The van der Waals surface area contributed by atoms with Crippen LogP contribution in [0.5, 0.6) is 0 Å². The Morgan fingerprint density at radius 3 is 2.45 bits per heavy atom. The number of fused-ring (bicyclic) bond motifs is 1. The number of hydrogen-bond donors (Lipinski definition) is 0. The molecule has 0 radical (unpaired) electrons. The van der Waals surface area contributed by atoms with Gasteiger partial charge in [0, 0.05) is 17.5 Å². The summed E-state index contributed by atoms with van der Waals surface area (Å²) in [4.78, 5) is 29.5. The summed E-state index contributed by atoms with van der Waals surface area (Å²) in [5.74, 6) is -1.30. The zero-order chi connectivity index (χ0) is 22.3. The van der Waals surface area contributed by atoms with Gasteiger partial charge >= 0.3 is 0 Å². The second-order valence-electron chi connectivity index (χ2n) is 7.16. The van der Waals surface area contributed by atoms with Crippen LogP contribution >= 0.6 is 34.5 Å². The molecule has 0 saturated carbocycles. The molecule has 0 bridgehead atoms. The fraction of sp³-hybridized carbons (Fsp3) is 0.136. The van der Waals surface area contributed by atoms with E-state index in [-0.39, 0.29) is 27.1 Å². The van der Waals surface area contributed by atoms with Gasteiger partial charge in [-0.25, -0.2) is 13.4 Å². The summed E-state index contributed by atoms with van der Waals surface area (Å²) in [6, 6.07) is 13.1. The topological polar surface area (TPSA) is 80.6 Å². The fourth-order valence-electron chi connectivity index (χ4n) is 3.29. The van der Waals surface area contributed by atoms with E-state index in [4.69, 9.17) is 23.2 Å². The Hall–Kier alpha value is -2.32. The Kier molecular flexibility index (Phi) is 5.87. The first-order chi connectivity index (χ1) is 14.6. The van der Waals surface area contributed by atoms with Crippen molar-refractivity contribution >= 4 is 67.3 Å². The molecular formula is C22H15Cl2NO4S2. The van der Waals surface area contributed by atoms with E-state index in [2.05, 4.69) is 4.99 Å². The summed E-state index contributed by atoms with van der Waals surface area (Å²) in [5.41, 5.74) is 3.40. The van der Waals surface area contributed by atoms with Gasteiger partial charge in [0.15, 0.2) is 15.6 Å². The average molecular weight is 492 g/mol. The molecule has 4 rings (SSSR count). The van der Waals surface area contributed by atoms with Crippen molar-refractivity contribution in [1.82, 2.24) is 0 Å². The van der Waals surface area contributed by atoms with Crippen LogP contribution in [0.15, 0.2) is 57.7 Å². The number of rotatable bonds is 6. The Morgan fingerprint density at radius 2 is 1.77 bits per heavy atom. The third-order valence-electron chi connectivity index (χ3n) is 4.74. The molecule has 9 heteroatoms. The van der Waals surface area contributed by atoms with E-state index in [9.17, 15) is 18.0 Å². The van der Waals surface area contributed by atoms with Crippen molar-refractivity contribution in [3.63, 3.8) is 0 Å². The summed E-state index contributed by atoms with van der Waals surface area (Å²) in [6.45, 7) is 1.92. The van der Waals surface area contributed by atoms with Gasteiger partial charge in [-0.1, -0.05) is 41.4 Å². The number of carbonyl (C=O) groups excluding carboxylic acids is 2. The predicted molar refractivity (Wildman–Crippen MR) is 123 cm³/mol. The Labute approximate surface area is 193 Å². The number of Topliss-reactive ketones (excluding diaryl/α,β-unsaturated/α-hetero) is 2. The third-order valence-corrected chi connectivity index (χ3v) is 8.54. The van der Waals surface area contributed by atoms with Crippen LogP contribution < -0.4 is 0 Å². The van der Waals surface area contributed by atoms with E-state index in [0.29, 0.717) is 26.7 Å². The minimum absolute atomic E-state index is 0.0618. The van der Waals surface area contributed by atoms with Gasteiger partial charge in [-0.15, -0.1) is 11.3 Å². The quantitative estimate of drug-likeness (QED) is 0.470. The van der Waals surface area contributed by atoms with Gasteiger partial charge < -0.3 is 0 Å². The van der Waals surface area contributed by atoms with Crippen molar-refractivity contribution in [2.45, 2.75) is 17.6 Å². The smallest absolute Gasteiger partial charge is 0.214 e. The number of sulfone groups is 1. The molecule has 0 saturated heterocycles. The van der Waals surface area contributed by atoms with Crippen LogP contribution in [0.2, 0.25) is 9.36 Å². The monoisotopic (exact) mass is 491 g/mol. The largest absolute Gasteiger partial charge is 0.298 e. The van der Waals surface area contributed by atoms with Crippen LogP contribution in [-0.2, 0) is 21.1 Å². The number of benzene rings is 2. The molecule has 2 heterocycles. The summed E-state index contributed by atoms with van der Waals surface area (Å²) < 4.78 is 25.1. The molecule has 2 aromatic carbocycles. The standard InChI is InChI=1S/C22H15Cl2NO4S2/c1-12-2-4-16-18(8-12)25-21(22(16)27)15-5-3-13(10-17(15)23)9-14(26)11-31(28,29)20-7-6-19(24)30-20/h2-8,10H,9,11H2,1H3. The van der Waals surface area contributed by atoms with Crippen LogP contribution in [-0.4, -0.2) is 31.4 Å². The van der Waals surface area contributed by atoms with Crippen LogP contribution in [0.1, 0.15) is 27.0 Å². The van der Waals surface area contributed by atoms with E-state index in [1.54, 1.807) is 24.3 Å². The molecule has 3 aromatic rings. The van der Waals surface area contributed by atoms with Crippen LogP contribution in [0.25, 0.3) is 0 Å². The molecule has 158 valence electrons. The lowest BCUT2D eigenvalue weighted by molar-refractivity contribution is -0.116. The van der Waals surface area contributed by atoms with Crippen LogP contribution in [0, 0.1) is 6.92 Å². The lowest BCUT2D eigenvalue weighted by Crippen LogP contribution is -2.17. The molecule has 1 aromatic heterocycles. The molecule has 5 nitrogen and oxygen atoms in total. The summed E-state index contributed by atoms with van der Waals surface area (Å²) in [7, 11) is -3.74. The molecular weight excluding hydrogens is 477 g/mol. The third kappa shape index (κ3) is 4.50. The SMILES string of the molecule is Cc1ccc2c(c1)N=C(c1ccc(CC(=O)CS(=O)(=O)c3ccc(Cl)s3)cc1Cl)C2=O. The number of aryl methyl sites for hydroxylation is 1. The first-order valence-corrected chi connectivity index (χ1v) is 12.4. The Bertz CT molecular complexity index is 1370. The normalized spacial score (nSPS) is 13.3. The number of thiophene rings is 1. The van der Waals surface area contributed by atoms with Crippen molar-refractivity contribution in [2.75, 3.05) is 5.75 Å². The van der Waals surface area contributed by atoms with E-state index in [1.807, 2.05) is 19.1 Å². The van der Waals surface area contributed by atoms with Gasteiger partial charge in [0.25, 0.3) is 0 Å². The van der Waals surface area contributed by atoms with Gasteiger partial charge in [-0.05, 0) is 48.4 Å². The van der Waals surface area contributed by atoms with E-state index < -0.39 is 21.4 Å². The molecule has 0 aliphatic carbocycles. The minimum atomic E-state index is -3.74. The number of aliphatic imine (C=N–C) groups is 1. The predicted octanol–water partition coefficient (Wildman–Crippen LogP) is 5.27. The highest BCUT2D eigenvalue weighted by molar-refractivity contribution is 7.94. The number of ketones is 2. The zero-order valence-corrected chi connectivity index (χ0v) is 19.3. The van der Waals surface area contributed by atoms with Crippen molar-refractivity contribution in [1.29, 1.82) is 0 Å². The molecule has 31 heavy (non-hydrogen) atoms. The van der Waals surface area contributed by atoms with E-state index in [1.165, 1.54) is 12.1 Å². The van der Waals surface area contributed by atoms with Gasteiger partial charge in [0.1, 0.15) is 15.7 Å². The van der Waals surface area contributed by atoms with Crippen molar-refractivity contribution < 1.29 is 18.0 Å². The van der Waals surface area contributed by atoms with E-state index in [0.717, 1.165) is 16.9 Å². The highest BCUT2D eigenvalue weighted by Crippen LogP contribution is 2.32. The molecule has 0 fully saturated rings. The van der Waals surface area contributed by atoms with Crippen molar-refractivity contribution in [3.05, 3.63) is 80.1 Å². The summed E-state index contributed by atoms with van der Waals surface area (Å²) in [5, 5.41) is 0.273. The molecule has 0 N–H and O–H groups in total. The number of nitrogens with zero attached hydrogens (tertiary/aromatic N) is 1. The molecule has 0 unspecified atom stereocenters. The maximum atomic E-state index is 12.7. The fourth-order valence-corrected chi connectivity index (χ4v) is 6.40. The number of carbonyl (C=O) groups is 2. The lowest BCUT2D eigenvalue weighted by atomic mass is 10.00. The lowest BCUT2D eigenvalue weighted by Gasteiger charge is -2.07. The van der Waals surface area contributed by atoms with Crippen LogP contribution in [0.4, 0.5) is 5.69 Å². The van der Waals surface area contributed by atoms with Gasteiger partial charge in [-0.2, -0.15) is 0 Å². The van der Waals surface area contributed by atoms with Gasteiger partial charge in [0.2, 0.25) is 5.78 Å². The summed E-state index contributed by atoms with van der Waals surface area (Å²) in [6.07, 6.45) is -0.0990. The average Bonchev–Trinajstić information content (AvgIpc) is 3.25. The first-order valence-electron chi connectivity index (χ1n) is 9.17. The Balaban J connectivity index is 1.51. The molecule has 1 aliphatic heterocycles. The highest BCUT2D eigenvalue weighted by Gasteiger charge is 2.27. The van der Waals surface area contributed by atoms with Crippen molar-refractivity contribution in [3.8, 4) is 0 Å². The zero-order valence-electron chi connectivity index (χ0n) is 16.2. The molecule has 0 spiro atoms. The highest BCUT2D eigenvalue weighted by atomic mass is 35.5.